The highest BCUT2D eigenvalue weighted by Gasteiger charge is 2.23. The highest BCUT2D eigenvalue weighted by Crippen LogP contribution is 2.22. The molecule has 1 saturated heterocycles. The van der Waals surface area contributed by atoms with E-state index in [4.69, 9.17) is 12.2 Å². The van der Waals surface area contributed by atoms with Crippen molar-refractivity contribution in [3.05, 3.63) is 29.8 Å². The van der Waals surface area contributed by atoms with E-state index in [0.717, 1.165) is 42.1 Å². The molecule has 1 heterocycles. The van der Waals surface area contributed by atoms with Crippen LogP contribution >= 0.6 is 12.2 Å². The van der Waals surface area contributed by atoms with E-state index < -0.39 is 0 Å². The number of nitrogens with zero attached hydrogens (tertiary/aromatic N) is 1. The van der Waals surface area contributed by atoms with Crippen molar-refractivity contribution in [1.82, 2.24) is 4.90 Å². The van der Waals surface area contributed by atoms with Gasteiger partial charge in [-0.3, -0.25) is 0 Å². The number of piperidine rings is 1. The maximum Gasteiger partial charge on any atom is 0.173 e. The number of aryl methyl sites for hydroxylation is 1. The minimum atomic E-state index is 0.728. The van der Waals surface area contributed by atoms with E-state index in [2.05, 4.69) is 55.3 Å². The molecule has 0 amide bonds. The normalized spacial score (nSPS) is 23.2. The summed E-state index contributed by atoms with van der Waals surface area (Å²) in [6.07, 6.45) is 2.39. The van der Waals surface area contributed by atoms with Crippen LogP contribution in [-0.2, 0) is 6.42 Å². The second-order valence-corrected chi connectivity index (χ2v) is 6.22. The van der Waals surface area contributed by atoms with Crippen molar-refractivity contribution in [1.29, 1.82) is 0 Å². The molecular formula is C16H24N2S. The molecule has 3 heteroatoms. The Labute approximate surface area is 122 Å². The third-order valence-corrected chi connectivity index (χ3v) is 4.13. The topological polar surface area (TPSA) is 15.3 Å². The van der Waals surface area contributed by atoms with Crippen LogP contribution in [0.1, 0.15) is 32.8 Å². The molecule has 19 heavy (non-hydrogen) atoms. The van der Waals surface area contributed by atoms with Gasteiger partial charge in [0.15, 0.2) is 5.11 Å². The highest BCUT2D eigenvalue weighted by molar-refractivity contribution is 7.80. The molecule has 1 fully saturated rings. The lowest BCUT2D eigenvalue weighted by molar-refractivity contribution is 0.216. The lowest BCUT2D eigenvalue weighted by atomic mass is 9.92. The van der Waals surface area contributed by atoms with Crippen molar-refractivity contribution in [3.8, 4) is 0 Å². The lowest BCUT2D eigenvalue weighted by Gasteiger charge is -2.36. The fraction of sp³-hybridized carbons (Fsp3) is 0.562. The van der Waals surface area contributed by atoms with Crippen molar-refractivity contribution >= 4 is 23.0 Å². The van der Waals surface area contributed by atoms with Gasteiger partial charge in [0.2, 0.25) is 0 Å². The first kappa shape index (κ1) is 14.3. The number of nitrogens with one attached hydrogen (secondary N) is 1. The van der Waals surface area contributed by atoms with Gasteiger partial charge in [0, 0.05) is 18.8 Å². The quantitative estimate of drug-likeness (QED) is 0.824. The highest BCUT2D eigenvalue weighted by atomic mass is 32.1. The zero-order chi connectivity index (χ0) is 13.8. The van der Waals surface area contributed by atoms with E-state index in [-0.39, 0.29) is 0 Å². The van der Waals surface area contributed by atoms with Gasteiger partial charge in [0.1, 0.15) is 0 Å². The molecule has 2 rings (SSSR count). The Morgan fingerprint density at radius 1 is 1.21 bits per heavy atom. The van der Waals surface area contributed by atoms with Crippen molar-refractivity contribution in [2.45, 2.75) is 33.6 Å². The summed E-state index contributed by atoms with van der Waals surface area (Å²) in [4.78, 5) is 2.31. The molecule has 0 bridgehead atoms. The summed E-state index contributed by atoms with van der Waals surface area (Å²) in [6.45, 7) is 8.93. The first-order chi connectivity index (χ1) is 9.08. The van der Waals surface area contributed by atoms with E-state index in [9.17, 15) is 0 Å². The average Bonchev–Trinajstić information content (AvgIpc) is 2.38. The van der Waals surface area contributed by atoms with Gasteiger partial charge in [-0.2, -0.15) is 0 Å². The molecule has 1 N–H and O–H groups in total. The molecule has 1 aromatic rings. The molecule has 2 unspecified atom stereocenters. The fourth-order valence-corrected chi connectivity index (χ4v) is 3.12. The summed E-state index contributed by atoms with van der Waals surface area (Å²) in [5.41, 5.74) is 2.45. The van der Waals surface area contributed by atoms with Gasteiger partial charge >= 0.3 is 0 Å². The van der Waals surface area contributed by atoms with Crippen molar-refractivity contribution in [2.75, 3.05) is 18.4 Å². The molecule has 1 aromatic carbocycles. The smallest absolute Gasteiger partial charge is 0.173 e. The van der Waals surface area contributed by atoms with Crippen LogP contribution in [0.15, 0.2) is 24.3 Å². The number of hydrogen-bond acceptors (Lipinski definition) is 1. The minimum absolute atomic E-state index is 0.728. The SMILES string of the molecule is CCc1ccc(NC(=S)N2CC(C)CC(C)C2)cc1. The third kappa shape index (κ3) is 3.93. The molecule has 0 aromatic heterocycles. The molecule has 1 aliphatic rings. The van der Waals surface area contributed by atoms with Crippen LogP contribution in [0.3, 0.4) is 0 Å². The summed E-state index contributed by atoms with van der Waals surface area (Å²) < 4.78 is 0. The largest absolute Gasteiger partial charge is 0.348 e. The van der Waals surface area contributed by atoms with Crippen molar-refractivity contribution in [3.63, 3.8) is 0 Å². The first-order valence-corrected chi connectivity index (χ1v) is 7.64. The van der Waals surface area contributed by atoms with Crippen molar-refractivity contribution in [2.24, 2.45) is 11.8 Å². The average molecular weight is 276 g/mol. The predicted molar refractivity (Wildman–Crippen MR) is 86.6 cm³/mol. The Hall–Kier alpha value is -1.09. The van der Waals surface area contributed by atoms with Gasteiger partial charge < -0.3 is 10.2 Å². The Morgan fingerprint density at radius 3 is 2.32 bits per heavy atom. The molecule has 0 aliphatic carbocycles. The van der Waals surface area contributed by atoms with Crippen LogP contribution in [0, 0.1) is 11.8 Å². The number of hydrogen-bond donors (Lipinski definition) is 1. The van der Waals surface area contributed by atoms with Gasteiger partial charge in [0.05, 0.1) is 0 Å². The van der Waals surface area contributed by atoms with Gasteiger partial charge in [-0.1, -0.05) is 32.9 Å². The van der Waals surface area contributed by atoms with Crippen molar-refractivity contribution < 1.29 is 0 Å². The zero-order valence-electron chi connectivity index (χ0n) is 12.1. The summed E-state index contributed by atoms with van der Waals surface area (Å²) in [7, 11) is 0. The van der Waals surface area contributed by atoms with E-state index in [1.807, 2.05) is 0 Å². The third-order valence-electron chi connectivity index (χ3n) is 3.77. The monoisotopic (exact) mass is 276 g/mol. The molecule has 0 spiro atoms. The fourth-order valence-electron chi connectivity index (χ4n) is 2.86. The summed E-state index contributed by atoms with van der Waals surface area (Å²) >= 11 is 5.54. The molecular weight excluding hydrogens is 252 g/mol. The van der Waals surface area contributed by atoms with E-state index in [1.54, 1.807) is 0 Å². The van der Waals surface area contributed by atoms with E-state index >= 15 is 0 Å². The van der Waals surface area contributed by atoms with Gasteiger partial charge in [-0.05, 0) is 54.6 Å². The first-order valence-electron chi connectivity index (χ1n) is 7.23. The molecule has 0 saturated carbocycles. The second kappa shape index (κ2) is 6.38. The van der Waals surface area contributed by atoms with E-state index in [1.165, 1.54) is 12.0 Å². The summed E-state index contributed by atoms with van der Waals surface area (Å²) in [6, 6.07) is 8.54. The minimum Gasteiger partial charge on any atom is -0.348 e. The Balaban J connectivity index is 1.96. The maximum atomic E-state index is 5.54. The molecule has 2 atom stereocenters. The summed E-state index contributed by atoms with van der Waals surface area (Å²) in [5.74, 6) is 1.46. The second-order valence-electron chi connectivity index (χ2n) is 5.83. The Bertz CT molecular complexity index is 417. The molecule has 0 radical (unpaired) electrons. The summed E-state index contributed by atoms with van der Waals surface area (Å²) in [5, 5.41) is 4.22. The van der Waals surface area contributed by atoms with Crippen LogP contribution in [-0.4, -0.2) is 23.1 Å². The number of benzene rings is 1. The Morgan fingerprint density at radius 2 is 1.79 bits per heavy atom. The van der Waals surface area contributed by atoms with Crippen LogP contribution in [0.2, 0.25) is 0 Å². The predicted octanol–water partition coefficient (Wildman–Crippen LogP) is 3.92. The zero-order valence-corrected chi connectivity index (χ0v) is 13.0. The molecule has 104 valence electrons. The number of thiocarbonyl (C=S) groups is 1. The molecule has 2 nitrogen and oxygen atoms in total. The standard InChI is InChI=1S/C16H24N2S/c1-4-14-5-7-15(8-6-14)17-16(19)18-10-12(2)9-13(3)11-18/h5-8,12-13H,4,9-11H2,1-3H3,(H,17,19). The van der Waals surface area contributed by atoms with Gasteiger partial charge in [-0.25, -0.2) is 0 Å². The molecule has 1 aliphatic heterocycles. The van der Waals surface area contributed by atoms with Crippen LogP contribution < -0.4 is 5.32 Å². The number of rotatable bonds is 2. The van der Waals surface area contributed by atoms with Crippen LogP contribution in [0.25, 0.3) is 0 Å². The number of anilines is 1. The van der Waals surface area contributed by atoms with Crippen LogP contribution in [0.4, 0.5) is 5.69 Å². The lowest BCUT2D eigenvalue weighted by Crippen LogP contribution is -2.44. The maximum absolute atomic E-state index is 5.54. The van der Waals surface area contributed by atoms with Crippen LogP contribution in [0.5, 0.6) is 0 Å². The van der Waals surface area contributed by atoms with Gasteiger partial charge in [-0.15, -0.1) is 0 Å². The van der Waals surface area contributed by atoms with Gasteiger partial charge in [0.25, 0.3) is 0 Å². The Kier molecular flexibility index (Phi) is 4.81. The number of likely N-dealkylation sites (tertiary alicyclic amines) is 1. The van der Waals surface area contributed by atoms with E-state index in [0.29, 0.717) is 0 Å².